The molecule has 0 aliphatic carbocycles. The van der Waals surface area contributed by atoms with Gasteiger partial charge in [-0.25, -0.2) is 0 Å². The van der Waals surface area contributed by atoms with Crippen LogP contribution in [0.2, 0.25) is 0 Å². The Morgan fingerprint density at radius 3 is 2.89 bits per heavy atom. The standard InChI is InChI=1S/C14H15N3S/c1-17(7-6-13-3-2-8-18-13)14-5-4-12(16)9-11(14)10-15/h2-5,8-9H,6-7,16H2,1H3. The molecule has 2 rings (SSSR count). The summed E-state index contributed by atoms with van der Waals surface area (Å²) in [6, 6.07) is 11.8. The maximum atomic E-state index is 9.11. The van der Waals surface area contributed by atoms with Crippen molar-refractivity contribution in [3.05, 3.63) is 46.2 Å². The molecule has 18 heavy (non-hydrogen) atoms. The van der Waals surface area contributed by atoms with E-state index in [1.165, 1.54) is 4.88 Å². The average molecular weight is 257 g/mol. The van der Waals surface area contributed by atoms with E-state index < -0.39 is 0 Å². The van der Waals surface area contributed by atoms with Gasteiger partial charge in [0.2, 0.25) is 0 Å². The van der Waals surface area contributed by atoms with Gasteiger partial charge < -0.3 is 10.6 Å². The van der Waals surface area contributed by atoms with Crippen LogP contribution in [0.4, 0.5) is 11.4 Å². The molecule has 2 N–H and O–H groups in total. The predicted octanol–water partition coefficient (Wildman–Crippen LogP) is 2.88. The molecule has 0 aliphatic heterocycles. The fraction of sp³-hybridized carbons (Fsp3) is 0.214. The molecule has 0 fully saturated rings. The number of hydrogen-bond donors (Lipinski definition) is 1. The van der Waals surface area contributed by atoms with Crippen molar-refractivity contribution in [2.24, 2.45) is 0 Å². The first kappa shape index (κ1) is 12.5. The van der Waals surface area contributed by atoms with Crippen molar-refractivity contribution in [2.75, 3.05) is 24.2 Å². The molecular formula is C14H15N3S. The Balaban J connectivity index is 2.09. The van der Waals surface area contributed by atoms with Gasteiger partial charge in [-0.05, 0) is 36.1 Å². The highest BCUT2D eigenvalue weighted by Crippen LogP contribution is 2.22. The molecule has 1 aromatic carbocycles. The van der Waals surface area contributed by atoms with Gasteiger partial charge in [0, 0.05) is 24.2 Å². The van der Waals surface area contributed by atoms with Gasteiger partial charge in [0.15, 0.2) is 0 Å². The molecule has 0 aliphatic rings. The Morgan fingerprint density at radius 1 is 1.39 bits per heavy atom. The first-order valence-electron chi connectivity index (χ1n) is 5.74. The number of nitrogens with zero attached hydrogens (tertiary/aromatic N) is 2. The minimum atomic E-state index is 0.627. The van der Waals surface area contributed by atoms with Crippen LogP contribution in [0.15, 0.2) is 35.7 Å². The van der Waals surface area contributed by atoms with Crippen molar-refractivity contribution in [1.82, 2.24) is 0 Å². The first-order valence-corrected chi connectivity index (χ1v) is 6.62. The molecule has 0 amide bonds. The van der Waals surface area contributed by atoms with Crippen LogP contribution in [0.3, 0.4) is 0 Å². The largest absolute Gasteiger partial charge is 0.399 e. The average Bonchev–Trinajstić information content (AvgIpc) is 2.88. The maximum absolute atomic E-state index is 9.11. The summed E-state index contributed by atoms with van der Waals surface area (Å²) in [6.07, 6.45) is 0.989. The number of hydrogen-bond acceptors (Lipinski definition) is 4. The van der Waals surface area contributed by atoms with Gasteiger partial charge in [0.25, 0.3) is 0 Å². The van der Waals surface area contributed by atoms with E-state index in [1.54, 1.807) is 17.4 Å². The third-order valence-electron chi connectivity index (χ3n) is 2.83. The highest BCUT2D eigenvalue weighted by atomic mass is 32.1. The fourth-order valence-electron chi connectivity index (χ4n) is 1.83. The molecule has 0 saturated heterocycles. The first-order chi connectivity index (χ1) is 8.70. The lowest BCUT2D eigenvalue weighted by molar-refractivity contribution is 0.886. The number of nitrogens with two attached hydrogens (primary N) is 1. The zero-order valence-corrected chi connectivity index (χ0v) is 11.1. The van der Waals surface area contributed by atoms with Gasteiger partial charge in [0.05, 0.1) is 11.3 Å². The summed E-state index contributed by atoms with van der Waals surface area (Å²) in [7, 11) is 2.00. The Kier molecular flexibility index (Phi) is 3.85. The minimum absolute atomic E-state index is 0.627. The molecule has 0 spiro atoms. The lowest BCUT2D eigenvalue weighted by atomic mass is 10.1. The van der Waals surface area contributed by atoms with Crippen LogP contribution < -0.4 is 10.6 Å². The number of nitrogen functional groups attached to an aromatic ring is 1. The number of nitriles is 1. The third kappa shape index (κ3) is 2.82. The normalized spacial score (nSPS) is 10.0. The molecule has 0 bridgehead atoms. The SMILES string of the molecule is CN(CCc1cccs1)c1ccc(N)cc1C#N. The van der Waals surface area contributed by atoms with Crippen LogP contribution in [0.1, 0.15) is 10.4 Å². The molecule has 2 aromatic rings. The van der Waals surface area contributed by atoms with Gasteiger partial charge in [-0.15, -0.1) is 11.3 Å². The number of anilines is 2. The Labute approximate surface area is 111 Å². The van der Waals surface area contributed by atoms with E-state index in [0.717, 1.165) is 18.7 Å². The van der Waals surface area contributed by atoms with Crippen molar-refractivity contribution in [3.63, 3.8) is 0 Å². The molecule has 0 saturated carbocycles. The summed E-state index contributed by atoms with van der Waals surface area (Å²) in [5, 5.41) is 11.2. The fourth-order valence-corrected chi connectivity index (χ4v) is 2.53. The van der Waals surface area contributed by atoms with Crippen LogP contribution in [0.5, 0.6) is 0 Å². The quantitative estimate of drug-likeness (QED) is 0.857. The van der Waals surface area contributed by atoms with Crippen LogP contribution in [-0.4, -0.2) is 13.6 Å². The zero-order valence-electron chi connectivity index (χ0n) is 10.3. The molecule has 1 aromatic heterocycles. The summed E-state index contributed by atoms with van der Waals surface area (Å²) in [5.74, 6) is 0. The van der Waals surface area contributed by atoms with Crippen LogP contribution >= 0.6 is 11.3 Å². The Bertz CT molecular complexity index is 555. The maximum Gasteiger partial charge on any atom is 0.101 e. The summed E-state index contributed by atoms with van der Waals surface area (Å²) in [5.41, 5.74) is 7.88. The van der Waals surface area contributed by atoms with Crippen molar-refractivity contribution in [2.45, 2.75) is 6.42 Å². The predicted molar refractivity (Wildman–Crippen MR) is 76.9 cm³/mol. The summed E-state index contributed by atoms with van der Waals surface area (Å²) in [6.45, 7) is 0.888. The van der Waals surface area contributed by atoms with E-state index in [9.17, 15) is 0 Å². The van der Waals surface area contributed by atoms with Crippen LogP contribution in [-0.2, 0) is 6.42 Å². The van der Waals surface area contributed by atoms with Gasteiger partial charge in [-0.1, -0.05) is 6.07 Å². The van der Waals surface area contributed by atoms with E-state index in [0.29, 0.717) is 11.3 Å². The topological polar surface area (TPSA) is 53.0 Å². The van der Waals surface area contributed by atoms with Gasteiger partial charge in [-0.2, -0.15) is 5.26 Å². The van der Waals surface area contributed by atoms with E-state index in [2.05, 4.69) is 28.5 Å². The summed E-state index contributed by atoms with van der Waals surface area (Å²) < 4.78 is 0. The number of thiophene rings is 1. The number of likely N-dealkylation sites (N-methyl/N-ethyl adjacent to an activating group) is 1. The summed E-state index contributed by atoms with van der Waals surface area (Å²) in [4.78, 5) is 3.45. The Morgan fingerprint density at radius 2 is 2.22 bits per heavy atom. The summed E-state index contributed by atoms with van der Waals surface area (Å²) >= 11 is 1.76. The van der Waals surface area contributed by atoms with Gasteiger partial charge >= 0.3 is 0 Å². The van der Waals surface area contributed by atoms with Crippen LogP contribution in [0.25, 0.3) is 0 Å². The van der Waals surface area contributed by atoms with Crippen molar-refractivity contribution < 1.29 is 0 Å². The van der Waals surface area contributed by atoms with Crippen LogP contribution in [0, 0.1) is 11.3 Å². The van der Waals surface area contributed by atoms with Gasteiger partial charge in [-0.3, -0.25) is 0 Å². The van der Waals surface area contributed by atoms with Crippen molar-refractivity contribution in [3.8, 4) is 6.07 Å². The minimum Gasteiger partial charge on any atom is -0.399 e. The molecule has 92 valence electrons. The van der Waals surface area contributed by atoms with E-state index in [-0.39, 0.29) is 0 Å². The van der Waals surface area contributed by atoms with E-state index in [4.69, 9.17) is 11.0 Å². The lowest BCUT2D eigenvalue weighted by Crippen LogP contribution is -2.21. The zero-order chi connectivity index (χ0) is 13.0. The Hall–Kier alpha value is -1.99. The molecular weight excluding hydrogens is 242 g/mol. The molecule has 0 unspecified atom stereocenters. The second kappa shape index (κ2) is 5.56. The second-order valence-corrected chi connectivity index (χ2v) is 5.17. The number of benzene rings is 1. The number of rotatable bonds is 4. The van der Waals surface area contributed by atoms with Crippen molar-refractivity contribution in [1.29, 1.82) is 5.26 Å². The second-order valence-electron chi connectivity index (χ2n) is 4.14. The molecule has 3 nitrogen and oxygen atoms in total. The molecule has 1 heterocycles. The highest BCUT2D eigenvalue weighted by molar-refractivity contribution is 7.09. The third-order valence-corrected chi connectivity index (χ3v) is 3.76. The monoisotopic (exact) mass is 257 g/mol. The lowest BCUT2D eigenvalue weighted by Gasteiger charge is -2.20. The van der Waals surface area contributed by atoms with Crippen molar-refractivity contribution >= 4 is 22.7 Å². The molecule has 0 radical (unpaired) electrons. The van der Waals surface area contributed by atoms with E-state index >= 15 is 0 Å². The van der Waals surface area contributed by atoms with E-state index in [1.807, 2.05) is 19.2 Å². The van der Waals surface area contributed by atoms with Gasteiger partial charge in [0.1, 0.15) is 6.07 Å². The highest BCUT2D eigenvalue weighted by Gasteiger charge is 2.08. The molecule has 0 atom stereocenters. The molecule has 4 heteroatoms. The smallest absolute Gasteiger partial charge is 0.101 e.